The van der Waals surface area contributed by atoms with Gasteiger partial charge in [-0.25, -0.2) is 4.98 Å². The summed E-state index contributed by atoms with van der Waals surface area (Å²) < 4.78 is 0. The Labute approximate surface area is 97.5 Å². The Morgan fingerprint density at radius 2 is 2.19 bits per heavy atom. The first-order chi connectivity index (χ1) is 7.66. The lowest BCUT2D eigenvalue weighted by molar-refractivity contribution is -0.133. The van der Waals surface area contributed by atoms with Crippen molar-refractivity contribution < 1.29 is 9.90 Å². The molecule has 0 bridgehead atoms. The SMILES string of the molecule is Cc1cc2ccccc2nc1SCC(=O)O. The Morgan fingerprint density at radius 3 is 2.94 bits per heavy atom. The van der Waals surface area contributed by atoms with Crippen LogP contribution in [-0.2, 0) is 4.79 Å². The summed E-state index contributed by atoms with van der Waals surface area (Å²) in [5, 5.41) is 10.5. The number of aryl methyl sites for hydroxylation is 1. The number of hydrogen-bond acceptors (Lipinski definition) is 3. The minimum atomic E-state index is -0.820. The molecule has 4 heteroatoms. The maximum atomic E-state index is 10.5. The molecule has 2 rings (SSSR count). The molecule has 0 saturated heterocycles. The second-order valence-corrected chi connectivity index (χ2v) is 4.45. The van der Waals surface area contributed by atoms with Crippen molar-refractivity contribution >= 4 is 28.6 Å². The number of fused-ring (bicyclic) bond motifs is 1. The summed E-state index contributed by atoms with van der Waals surface area (Å²) in [6.07, 6.45) is 0. The predicted molar refractivity (Wildman–Crippen MR) is 64.8 cm³/mol. The van der Waals surface area contributed by atoms with Crippen LogP contribution in [0.25, 0.3) is 10.9 Å². The van der Waals surface area contributed by atoms with Gasteiger partial charge in [-0.15, -0.1) is 0 Å². The molecule has 0 amide bonds. The van der Waals surface area contributed by atoms with Crippen LogP contribution in [-0.4, -0.2) is 21.8 Å². The molecule has 0 fully saturated rings. The number of carboxylic acids is 1. The van der Waals surface area contributed by atoms with Crippen molar-refractivity contribution in [2.45, 2.75) is 11.9 Å². The van der Waals surface area contributed by atoms with E-state index in [0.29, 0.717) is 0 Å². The van der Waals surface area contributed by atoms with Crippen LogP contribution in [0.3, 0.4) is 0 Å². The van der Waals surface area contributed by atoms with E-state index in [1.165, 1.54) is 11.8 Å². The number of pyridine rings is 1. The molecule has 3 nitrogen and oxygen atoms in total. The molecule has 1 N–H and O–H groups in total. The van der Waals surface area contributed by atoms with Gasteiger partial charge in [-0.2, -0.15) is 0 Å². The van der Waals surface area contributed by atoms with Gasteiger partial charge < -0.3 is 5.11 Å². The van der Waals surface area contributed by atoms with E-state index in [-0.39, 0.29) is 5.75 Å². The summed E-state index contributed by atoms with van der Waals surface area (Å²) in [7, 11) is 0. The van der Waals surface area contributed by atoms with Gasteiger partial charge in [-0.05, 0) is 24.6 Å². The van der Waals surface area contributed by atoms with Crippen LogP contribution in [0.4, 0.5) is 0 Å². The first-order valence-electron chi connectivity index (χ1n) is 4.88. The van der Waals surface area contributed by atoms with Crippen LogP contribution in [0.15, 0.2) is 35.4 Å². The molecule has 0 saturated carbocycles. The fourth-order valence-corrected chi connectivity index (χ4v) is 2.19. The van der Waals surface area contributed by atoms with Gasteiger partial charge in [0.05, 0.1) is 11.3 Å². The molecule has 1 aromatic heterocycles. The Balaban J connectivity index is 2.38. The predicted octanol–water partition coefficient (Wildman–Crippen LogP) is 2.72. The molecule has 0 atom stereocenters. The van der Waals surface area contributed by atoms with E-state index >= 15 is 0 Å². The first-order valence-corrected chi connectivity index (χ1v) is 5.86. The number of aliphatic carboxylic acids is 1. The molecule has 2 aromatic rings. The number of carboxylic acid groups (broad SMARTS) is 1. The van der Waals surface area contributed by atoms with Crippen molar-refractivity contribution in [1.82, 2.24) is 4.98 Å². The van der Waals surface area contributed by atoms with Crippen LogP contribution in [0.1, 0.15) is 5.56 Å². The number of benzene rings is 1. The lowest BCUT2D eigenvalue weighted by Gasteiger charge is -2.05. The normalized spacial score (nSPS) is 10.6. The third-order valence-electron chi connectivity index (χ3n) is 2.20. The zero-order valence-electron chi connectivity index (χ0n) is 8.80. The Hall–Kier alpha value is -1.55. The highest BCUT2D eigenvalue weighted by Crippen LogP contribution is 2.23. The highest BCUT2D eigenvalue weighted by molar-refractivity contribution is 7.99. The second-order valence-electron chi connectivity index (χ2n) is 3.49. The molecule has 1 heterocycles. The van der Waals surface area contributed by atoms with E-state index < -0.39 is 5.97 Å². The van der Waals surface area contributed by atoms with Crippen molar-refractivity contribution in [2.75, 3.05) is 5.75 Å². The Kier molecular flexibility index (Phi) is 3.10. The fraction of sp³-hybridized carbons (Fsp3) is 0.167. The number of nitrogens with zero attached hydrogens (tertiary/aromatic N) is 1. The third kappa shape index (κ3) is 2.33. The summed E-state index contributed by atoms with van der Waals surface area (Å²) in [4.78, 5) is 14.9. The molecule has 0 spiro atoms. The number of aromatic nitrogens is 1. The Bertz CT molecular complexity index is 540. The summed E-state index contributed by atoms with van der Waals surface area (Å²) >= 11 is 1.26. The van der Waals surface area contributed by atoms with Crippen molar-refractivity contribution in [2.24, 2.45) is 0 Å². The zero-order chi connectivity index (χ0) is 11.5. The van der Waals surface area contributed by atoms with Crippen LogP contribution < -0.4 is 0 Å². The molecule has 0 aliphatic carbocycles. The summed E-state index contributed by atoms with van der Waals surface area (Å²) in [6.45, 7) is 1.95. The minimum Gasteiger partial charge on any atom is -0.481 e. The zero-order valence-corrected chi connectivity index (χ0v) is 9.62. The molecule has 0 aliphatic rings. The maximum Gasteiger partial charge on any atom is 0.313 e. The lowest BCUT2D eigenvalue weighted by atomic mass is 10.2. The summed E-state index contributed by atoms with van der Waals surface area (Å²) in [5.41, 5.74) is 1.92. The lowest BCUT2D eigenvalue weighted by Crippen LogP contribution is -1.99. The quantitative estimate of drug-likeness (QED) is 0.828. The molecule has 82 valence electrons. The molecule has 1 aromatic carbocycles. The highest BCUT2D eigenvalue weighted by Gasteiger charge is 2.06. The summed E-state index contributed by atoms with van der Waals surface area (Å²) in [5.74, 6) is -0.772. The fourth-order valence-electron chi connectivity index (χ4n) is 1.48. The monoisotopic (exact) mass is 233 g/mol. The number of para-hydroxylation sites is 1. The first kappa shape index (κ1) is 11.0. The van der Waals surface area contributed by atoms with Crippen LogP contribution >= 0.6 is 11.8 Å². The molecular weight excluding hydrogens is 222 g/mol. The highest BCUT2D eigenvalue weighted by atomic mass is 32.2. The van der Waals surface area contributed by atoms with Crippen LogP contribution in [0.5, 0.6) is 0 Å². The molecule has 0 radical (unpaired) electrons. The smallest absolute Gasteiger partial charge is 0.313 e. The van der Waals surface area contributed by atoms with Crippen LogP contribution in [0.2, 0.25) is 0 Å². The second kappa shape index (κ2) is 4.53. The number of carbonyl (C=O) groups is 1. The van der Waals surface area contributed by atoms with Gasteiger partial charge >= 0.3 is 5.97 Å². The minimum absolute atomic E-state index is 0.0478. The van der Waals surface area contributed by atoms with Crippen molar-refractivity contribution in [3.8, 4) is 0 Å². The van der Waals surface area contributed by atoms with Crippen molar-refractivity contribution in [1.29, 1.82) is 0 Å². The van der Waals surface area contributed by atoms with Gasteiger partial charge in [0.1, 0.15) is 5.03 Å². The Morgan fingerprint density at radius 1 is 1.44 bits per heavy atom. The summed E-state index contributed by atoms with van der Waals surface area (Å²) in [6, 6.07) is 9.86. The number of hydrogen-bond donors (Lipinski definition) is 1. The van der Waals surface area contributed by atoms with E-state index in [4.69, 9.17) is 5.11 Å². The molecule has 0 unspecified atom stereocenters. The largest absolute Gasteiger partial charge is 0.481 e. The van der Waals surface area contributed by atoms with Gasteiger partial charge in [0.2, 0.25) is 0 Å². The van der Waals surface area contributed by atoms with Gasteiger partial charge in [-0.3, -0.25) is 4.79 Å². The van der Waals surface area contributed by atoms with Gasteiger partial charge in [0.15, 0.2) is 0 Å². The van der Waals surface area contributed by atoms with Crippen LogP contribution in [0, 0.1) is 6.92 Å². The molecular formula is C12H11NO2S. The van der Waals surface area contributed by atoms with Crippen molar-refractivity contribution in [3.05, 3.63) is 35.9 Å². The molecule has 0 aliphatic heterocycles. The van der Waals surface area contributed by atoms with Crippen molar-refractivity contribution in [3.63, 3.8) is 0 Å². The molecule has 16 heavy (non-hydrogen) atoms. The van der Waals surface area contributed by atoms with Gasteiger partial charge in [0.25, 0.3) is 0 Å². The van der Waals surface area contributed by atoms with E-state index in [1.807, 2.05) is 37.3 Å². The van der Waals surface area contributed by atoms with E-state index in [1.54, 1.807) is 0 Å². The van der Waals surface area contributed by atoms with E-state index in [2.05, 4.69) is 4.98 Å². The van der Waals surface area contributed by atoms with E-state index in [9.17, 15) is 4.79 Å². The van der Waals surface area contributed by atoms with E-state index in [0.717, 1.165) is 21.5 Å². The van der Waals surface area contributed by atoms with Gasteiger partial charge in [-0.1, -0.05) is 30.0 Å². The average Bonchev–Trinajstić information content (AvgIpc) is 2.26. The number of thioether (sulfide) groups is 1. The standard InChI is InChI=1S/C12H11NO2S/c1-8-6-9-4-2-3-5-10(9)13-12(8)16-7-11(14)15/h2-6H,7H2,1H3,(H,14,15). The maximum absolute atomic E-state index is 10.5. The third-order valence-corrected chi connectivity index (χ3v) is 3.28. The van der Waals surface area contributed by atoms with Gasteiger partial charge in [0, 0.05) is 5.39 Å². The number of rotatable bonds is 3. The topological polar surface area (TPSA) is 50.2 Å². The average molecular weight is 233 g/mol.